The number of hydrogen-bond acceptors (Lipinski definition) is 4. The minimum atomic E-state index is -0.611. The number of aromatic nitrogens is 3. The highest BCUT2D eigenvalue weighted by atomic mass is 15.3. The van der Waals surface area contributed by atoms with E-state index in [0.29, 0.717) is 12.1 Å². The smallest absolute Gasteiger partial charge is 0.137 e. The van der Waals surface area contributed by atoms with E-state index in [2.05, 4.69) is 28.3 Å². The van der Waals surface area contributed by atoms with Crippen LogP contribution in [0.1, 0.15) is 44.4 Å². The summed E-state index contributed by atoms with van der Waals surface area (Å²) in [6.45, 7) is 8.37. The van der Waals surface area contributed by atoms with Crippen LogP contribution in [0.2, 0.25) is 0 Å². The van der Waals surface area contributed by atoms with Gasteiger partial charge in [-0.15, -0.1) is 0 Å². The molecule has 0 spiro atoms. The van der Waals surface area contributed by atoms with Crippen molar-refractivity contribution in [3.05, 3.63) is 71.8 Å². The highest BCUT2D eigenvalue weighted by Crippen LogP contribution is 2.30. The predicted molar refractivity (Wildman–Crippen MR) is 106 cm³/mol. The molecule has 3 rings (SSSR count). The predicted octanol–water partition coefficient (Wildman–Crippen LogP) is 4.69. The Hall–Kier alpha value is -3.44. The van der Waals surface area contributed by atoms with E-state index in [0.717, 1.165) is 22.3 Å². The summed E-state index contributed by atoms with van der Waals surface area (Å²) in [5, 5.41) is 22.8. The monoisotopic (exact) mass is 357 g/mol. The molecule has 1 heterocycles. The minimum Gasteiger partial charge on any atom is -0.249 e. The number of nitrogens with zero attached hydrogens (tertiary/aromatic N) is 5. The third kappa shape index (κ3) is 4.80. The summed E-state index contributed by atoms with van der Waals surface area (Å²) in [7, 11) is 0. The molecule has 0 N–H and O–H groups in total. The molecule has 3 aromatic rings. The van der Waals surface area contributed by atoms with E-state index in [-0.39, 0.29) is 0 Å². The van der Waals surface area contributed by atoms with E-state index in [1.54, 1.807) is 17.1 Å². The Morgan fingerprint density at radius 3 is 2.44 bits per heavy atom. The van der Waals surface area contributed by atoms with Gasteiger partial charge in [-0.25, -0.2) is 9.67 Å². The van der Waals surface area contributed by atoms with Gasteiger partial charge in [0.15, 0.2) is 0 Å². The summed E-state index contributed by atoms with van der Waals surface area (Å²) in [6.07, 6.45) is 3.17. The average Bonchev–Trinajstić information content (AvgIpc) is 3.22. The Kier molecular flexibility index (Phi) is 6.46. The van der Waals surface area contributed by atoms with Crippen LogP contribution >= 0.6 is 0 Å². The summed E-state index contributed by atoms with van der Waals surface area (Å²) in [5.41, 5.74) is 3.90. The summed E-state index contributed by atoms with van der Waals surface area (Å²) < 4.78 is 1.74. The lowest BCUT2D eigenvalue weighted by Crippen LogP contribution is -2.15. The summed E-state index contributed by atoms with van der Waals surface area (Å²) >= 11 is 0. The molecule has 136 valence electrons. The van der Waals surface area contributed by atoms with Crippen molar-refractivity contribution < 1.29 is 0 Å². The Labute approximate surface area is 160 Å². The number of hydrogen-bond donors (Lipinski definition) is 0. The van der Waals surface area contributed by atoms with Crippen molar-refractivity contribution in [3.8, 4) is 23.3 Å². The van der Waals surface area contributed by atoms with Gasteiger partial charge in [0, 0.05) is 0 Å². The molecule has 0 unspecified atom stereocenters. The maximum atomic E-state index is 9.52. The van der Waals surface area contributed by atoms with Gasteiger partial charge in [0.25, 0.3) is 0 Å². The van der Waals surface area contributed by atoms with Crippen LogP contribution in [-0.4, -0.2) is 14.8 Å². The van der Waals surface area contributed by atoms with Crippen LogP contribution in [-0.2, 0) is 12.0 Å². The Morgan fingerprint density at radius 1 is 1.04 bits per heavy atom. The lowest BCUT2D eigenvalue weighted by Gasteiger charge is -2.19. The number of nitriles is 2. The Bertz CT molecular complexity index is 973. The van der Waals surface area contributed by atoms with Crippen molar-refractivity contribution in [1.82, 2.24) is 14.8 Å². The van der Waals surface area contributed by atoms with E-state index >= 15 is 0 Å². The number of rotatable bonds is 4. The molecule has 0 fully saturated rings. The van der Waals surface area contributed by atoms with E-state index in [4.69, 9.17) is 5.26 Å². The van der Waals surface area contributed by atoms with Crippen molar-refractivity contribution in [3.63, 3.8) is 0 Å². The van der Waals surface area contributed by atoms with E-state index in [9.17, 15) is 5.26 Å². The molecule has 27 heavy (non-hydrogen) atoms. The van der Waals surface area contributed by atoms with Gasteiger partial charge in [-0.05, 0) is 60.4 Å². The van der Waals surface area contributed by atoms with Crippen molar-refractivity contribution in [2.75, 3.05) is 0 Å². The Balaban J connectivity index is 0.00000126. The Morgan fingerprint density at radius 2 is 1.81 bits per heavy atom. The number of benzene rings is 2. The van der Waals surface area contributed by atoms with E-state index < -0.39 is 5.41 Å². The molecule has 5 nitrogen and oxygen atoms in total. The van der Waals surface area contributed by atoms with Gasteiger partial charge in [0.1, 0.15) is 12.7 Å². The molecule has 0 atom stereocenters. The van der Waals surface area contributed by atoms with Crippen LogP contribution < -0.4 is 0 Å². The van der Waals surface area contributed by atoms with Crippen molar-refractivity contribution in [2.24, 2.45) is 0 Å². The first-order valence-electron chi connectivity index (χ1n) is 8.90. The second-order valence-electron chi connectivity index (χ2n) is 6.44. The fourth-order valence-electron chi connectivity index (χ4n) is 2.65. The molecule has 0 aliphatic carbocycles. The van der Waals surface area contributed by atoms with Crippen molar-refractivity contribution >= 4 is 0 Å². The van der Waals surface area contributed by atoms with Crippen LogP contribution in [0.5, 0.6) is 0 Å². The molecular weight excluding hydrogens is 334 g/mol. The standard InChI is InChI=1S/C20H17N5.C2H6/c1-20(2,12-22)19-8-16(11-25-14-23-13-24-25)7-18(9-19)17-5-3-4-15(6-17)10-21;1-2/h3-9,13-14H,11H2,1-2H3;1-2H3. The lowest BCUT2D eigenvalue weighted by atomic mass is 9.83. The molecule has 0 saturated heterocycles. The first-order chi connectivity index (χ1) is 13.0. The fourth-order valence-corrected chi connectivity index (χ4v) is 2.65. The highest BCUT2D eigenvalue weighted by molar-refractivity contribution is 5.67. The van der Waals surface area contributed by atoms with Gasteiger partial charge in [-0.3, -0.25) is 0 Å². The quantitative estimate of drug-likeness (QED) is 0.678. The van der Waals surface area contributed by atoms with E-state index in [1.165, 1.54) is 6.33 Å². The molecule has 0 amide bonds. The van der Waals surface area contributed by atoms with Crippen LogP contribution in [0.15, 0.2) is 55.1 Å². The molecular formula is C22H23N5. The summed E-state index contributed by atoms with van der Waals surface area (Å²) in [5.74, 6) is 0. The summed E-state index contributed by atoms with van der Waals surface area (Å²) in [4.78, 5) is 3.97. The molecule has 0 aliphatic heterocycles. The third-order valence-electron chi connectivity index (χ3n) is 4.13. The van der Waals surface area contributed by atoms with Crippen LogP contribution in [0.4, 0.5) is 0 Å². The first-order valence-corrected chi connectivity index (χ1v) is 8.90. The van der Waals surface area contributed by atoms with Crippen LogP contribution in [0, 0.1) is 22.7 Å². The van der Waals surface area contributed by atoms with Gasteiger partial charge in [0.2, 0.25) is 0 Å². The molecule has 5 heteroatoms. The van der Waals surface area contributed by atoms with Crippen LogP contribution in [0.25, 0.3) is 11.1 Å². The molecule has 2 aromatic carbocycles. The molecule has 0 bridgehead atoms. The van der Waals surface area contributed by atoms with Gasteiger partial charge in [0.05, 0.1) is 29.7 Å². The van der Waals surface area contributed by atoms with E-state index in [1.807, 2.05) is 58.0 Å². The van der Waals surface area contributed by atoms with Crippen molar-refractivity contribution in [2.45, 2.75) is 39.7 Å². The second kappa shape index (κ2) is 8.78. The topological polar surface area (TPSA) is 78.3 Å². The van der Waals surface area contributed by atoms with Gasteiger partial charge in [-0.1, -0.05) is 32.0 Å². The fraction of sp³-hybridized carbons (Fsp3) is 0.273. The molecule has 1 aromatic heterocycles. The first kappa shape index (κ1) is 19.9. The normalized spacial score (nSPS) is 10.3. The van der Waals surface area contributed by atoms with Gasteiger partial charge < -0.3 is 0 Å². The summed E-state index contributed by atoms with van der Waals surface area (Å²) in [6, 6.07) is 18.1. The van der Waals surface area contributed by atoms with Crippen molar-refractivity contribution in [1.29, 1.82) is 10.5 Å². The zero-order chi connectivity index (χ0) is 19.9. The van der Waals surface area contributed by atoms with Gasteiger partial charge in [-0.2, -0.15) is 15.6 Å². The minimum absolute atomic E-state index is 0.570. The second-order valence-corrected chi connectivity index (χ2v) is 6.44. The highest BCUT2D eigenvalue weighted by Gasteiger charge is 2.21. The maximum Gasteiger partial charge on any atom is 0.137 e. The zero-order valence-corrected chi connectivity index (χ0v) is 16.1. The zero-order valence-electron chi connectivity index (χ0n) is 16.1. The van der Waals surface area contributed by atoms with Crippen LogP contribution in [0.3, 0.4) is 0 Å². The molecule has 0 radical (unpaired) electrons. The lowest BCUT2D eigenvalue weighted by molar-refractivity contribution is 0.668. The molecule has 0 aliphatic rings. The van der Waals surface area contributed by atoms with Gasteiger partial charge >= 0.3 is 0 Å². The SMILES string of the molecule is CC.CC(C)(C#N)c1cc(Cn2cncn2)cc(-c2cccc(C#N)c2)c1. The average molecular weight is 357 g/mol. The third-order valence-corrected chi connectivity index (χ3v) is 4.13. The molecule has 0 saturated carbocycles. The largest absolute Gasteiger partial charge is 0.249 e. The maximum absolute atomic E-state index is 9.52.